The van der Waals surface area contributed by atoms with E-state index in [2.05, 4.69) is 25.3 Å². The summed E-state index contributed by atoms with van der Waals surface area (Å²) in [5.41, 5.74) is 2.02. The molecule has 0 atom stereocenters. The fourth-order valence-corrected chi connectivity index (χ4v) is 2.27. The van der Waals surface area contributed by atoms with Crippen molar-refractivity contribution >= 4 is 17.5 Å². The molecule has 1 aromatic heterocycles. The maximum absolute atomic E-state index is 12.2. The molecular formula is C19H16F2N4O2. The van der Waals surface area contributed by atoms with Gasteiger partial charge in [-0.3, -0.25) is 4.79 Å². The Labute approximate surface area is 154 Å². The highest BCUT2D eigenvalue weighted by molar-refractivity contribution is 5.94. The number of carbonyl (C=O) groups is 1. The molecule has 2 aromatic carbocycles. The highest BCUT2D eigenvalue weighted by Gasteiger charge is 2.07. The van der Waals surface area contributed by atoms with Crippen LogP contribution >= 0.6 is 0 Å². The second kappa shape index (κ2) is 8.70. The van der Waals surface area contributed by atoms with Crippen molar-refractivity contribution in [2.24, 2.45) is 0 Å². The van der Waals surface area contributed by atoms with Gasteiger partial charge in [-0.05, 0) is 48.0 Å². The average Bonchev–Trinajstić information content (AvgIpc) is 2.68. The van der Waals surface area contributed by atoms with Gasteiger partial charge in [-0.2, -0.15) is 8.78 Å². The third kappa shape index (κ3) is 5.46. The first-order chi connectivity index (χ1) is 13.1. The molecule has 27 heavy (non-hydrogen) atoms. The molecule has 3 rings (SSSR count). The summed E-state index contributed by atoms with van der Waals surface area (Å²) in [5, 5.41) is 5.80. The fourth-order valence-electron chi connectivity index (χ4n) is 2.27. The Morgan fingerprint density at radius 2 is 1.67 bits per heavy atom. The lowest BCUT2D eigenvalue weighted by molar-refractivity contribution is -0.0498. The Bertz CT molecular complexity index is 872. The zero-order chi connectivity index (χ0) is 19.1. The molecule has 0 saturated heterocycles. The van der Waals surface area contributed by atoms with Crippen LogP contribution in [-0.4, -0.2) is 22.5 Å². The summed E-state index contributed by atoms with van der Waals surface area (Å²) in [6, 6.07) is 14.7. The van der Waals surface area contributed by atoms with Gasteiger partial charge < -0.3 is 15.4 Å². The van der Waals surface area contributed by atoms with Crippen LogP contribution in [0.15, 0.2) is 67.0 Å². The topological polar surface area (TPSA) is 76.1 Å². The summed E-state index contributed by atoms with van der Waals surface area (Å²) in [4.78, 5) is 20.3. The van der Waals surface area contributed by atoms with E-state index in [0.717, 1.165) is 11.3 Å². The number of rotatable bonds is 7. The lowest BCUT2D eigenvalue weighted by Crippen LogP contribution is -2.22. The fraction of sp³-hybridized carbons (Fsp3) is 0.105. The molecule has 138 valence electrons. The summed E-state index contributed by atoms with van der Waals surface area (Å²) in [6.07, 6.45) is 3.26. The van der Waals surface area contributed by atoms with E-state index in [0.29, 0.717) is 11.5 Å². The van der Waals surface area contributed by atoms with Crippen LogP contribution in [0.2, 0.25) is 0 Å². The van der Waals surface area contributed by atoms with Crippen molar-refractivity contribution in [3.63, 3.8) is 0 Å². The van der Waals surface area contributed by atoms with Crippen LogP contribution in [0.25, 0.3) is 0 Å². The van der Waals surface area contributed by atoms with E-state index >= 15 is 0 Å². The van der Waals surface area contributed by atoms with Gasteiger partial charge in [-0.25, -0.2) is 9.97 Å². The van der Waals surface area contributed by atoms with Gasteiger partial charge in [0.1, 0.15) is 5.75 Å². The second-order valence-corrected chi connectivity index (χ2v) is 5.48. The summed E-state index contributed by atoms with van der Waals surface area (Å²) < 4.78 is 28.5. The van der Waals surface area contributed by atoms with E-state index in [1.54, 1.807) is 54.9 Å². The normalized spacial score (nSPS) is 10.5. The number of benzene rings is 2. The van der Waals surface area contributed by atoms with Crippen LogP contribution in [0.5, 0.6) is 5.75 Å². The number of carbonyl (C=O) groups excluding carboxylic acids is 1. The number of alkyl halides is 2. The zero-order valence-electron chi connectivity index (χ0n) is 14.1. The predicted molar refractivity (Wildman–Crippen MR) is 96.0 cm³/mol. The van der Waals surface area contributed by atoms with Crippen LogP contribution in [0.3, 0.4) is 0 Å². The molecule has 0 saturated carbocycles. The van der Waals surface area contributed by atoms with Gasteiger partial charge in [0.15, 0.2) is 0 Å². The number of anilines is 2. The van der Waals surface area contributed by atoms with Crippen molar-refractivity contribution in [1.82, 2.24) is 15.3 Å². The molecule has 8 heteroatoms. The van der Waals surface area contributed by atoms with E-state index in [1.165, 1.54) is 12.1 Å². The molecule has 0 aliphatic rings. The molecular weight excluding hydrogens is 354 g/mol. The minimum absolute atomic E-state index is 0.0746. The molecule has 1 amide bonds. The zero-order valence-corrected chi connectivity index (χ0v) is 14.1. The molecule has 3 aromatic rings. The van der Waals surface area contributed by atoms with E-state index in [1.807, 2.05) is 0 Å². The monoisotopic (exact) mass is 370 g/mol. The summed E-state index contributed by atoms with van der Waals surface area (Å²) in [7, 11) is 0. The van der Waals surface area contributed by atoms with Crippen molar-refractivity contribution in [2.75, 3.05) is 5.32 Å². The first-order valence-electron chi connectivity index (χ1n) is 8.06. The van der Waals surface area contributed by atoms with E-state index in [-0.39, 0.29) is 18.2 Å². The molecule has 0 bridgehead atoms. The standard InChI is InChI=1S/C19H16F2N4O2/c20-18(21)27-16-8-2-13(3-9-16)12-24-17(26)14-4-6-15(7-5-14)25-19-22-10-1-11-23-19/h1-11,18H,12H2,(H,24,26)(H,22,23,25). The van der Waals surface area contributed by atoms with Gasteiger partial charge >= 0.3 is 6.61 Å². The van der Waals surface area contributed by atoms with Gasteiger partial charge in [0, 0.05) is 30.2 Å². The predicted octanol–water partition coefficient (Wildman–Crippen LogP) is 3.75. The Morgan fingerprint density at radius 3 is 2.30 bits per heavy atom. The lowest BCUT2D eigenvalue weighted by atomic mass is 10.1. The Balaban J connectivity index is 1.53. The van der Waals surface area contributed by atoms with Crippen LogP contribution < -0.4 is 15.4 Å². The van der Waals surface area contributed by atoms with Crippen LogP contribution in [0, 0.1) is 0 Å². The maximum atomic E-state index is 12.2. The lowest BCUT2D eigenvalue weighted by Gasteiger charge is -2.08. The highest BCUT2D eigenvalue weighted by Crippen LogP contribution is 2.16. The number of nitrogens with zero attached hydrogens (tertiary/aromatic N) is 2. The second-order valence-electron chi connectivity index (χ2n) is 5.48. The Kier molecular flexibility index (Phi) is 5.88. The molecule has 1 heterocycles. The molecule has 6 nitrogen and oxygen atoms in total. The molecule has 0 radical (unpaired) electrons. The highest BCUT2D eigenvalue weighted by atomic mass is 19.3. The number of ether oxygens (including phenoxy) is 1. The molecule has 0 unspecified atom stereocenters. The minimum atomic E-state index is -2.86. The molecule has 0 aliphatic heterocycles. The van der Waals surface area contributed by atoms with Crippen molar-refractivity contribution < 1.29 is 18.3 Å². The molecule has 0 spiro atoms. The van der Waals surface area contributed by atoms with E-state index in [9.17, 15) is 13.6 Å². The molecule has 2 N–H and O–H groups in total. The van der Waals surface area contributed by atoms with E-state index in [4.69, 9.17) is 0 Å². The van der Waals surface area contributed by atoms with Gasteiger partial charge in [0.2, 0.25) is 5.95 Å². The van der Waals surface area contributed by atoms with Gasteiger partial charge in [0.25, 0.3) is 5.91 Å². The van der Waals surface area contributed by atoms with Crippen LogP contribution in [-0.2, 0) is 6.54 Å². The molecule has 0 aliphatic carbocycles. The third-order valence-corrected chi connectivity index (χ3v) is 3.57. The number of nitrogens with one attached hydrogen (secondary N) is 2. The Morgan fingerprint density at radius 1 is 1.00 bits per heavy atom. The van der Waals surface area contributed by atoms with Crippen molar-refractivity contribution in [3.05, 3.63) is 78.1 Å². The summed E-state index contributed by atoms with van der Waals surface area (Å²) >= 11 is 0. The van der Waals surface area contributed by atoms with Crippen molar-refractivity contribution in [3.8, 4) is 5.75 Å². The number of hydrogen-bond donors (Lipinski definition) is 2. The number of halogens is 2. The van der Waals surface area contributed by atoms with Crippen molar-refractivity contribution in [2.45, 2.75) is 13.2 Å². The largest absolute Gasteiger partial charge is 0.435 e. The average molecular weight is 370 g/mol. The van der Waals surface area contributed by atoms with E-state index < -0.39 is 6.61 Å². The molecule has 0 fully saturated rings. The number of aromatic nitrogens is 2. The minimum Gasteiger partial charge on any atom is -0.435 e. The summed E-state index contributed by atoms with van der Waals surface area (Å²) in [5.74, 6) is 0.296. The van der Waals surface area contributed by atoms with Crippen molar-refractivity contribution in [1.29, 1.82) is 0 Å². The first-order valence-corrected chi connectivity index (χ1v) is 8.06. The Hall–Kier alpha value is -3.55. The number of hydrogen-bond acceptors (Lipinski definition) is 5. The number of amides is 1. The van der Waals surface area contributed by atoms with Gasteiger partial charge in [-0.1, -0.05) is 12.1 Å². The third-order valence-electron chi connectivity index (χ3n) is 3.57. The quantitative estimate of drug-likeness (QED) is 0.662. The maximum Gasteiger partial charge on any atom is 0.387 e. The first kappa shape index (κ1) is 18.2. The van der Waals surface area contributed by atoms with Crippen LogP contribution in [0.4, 0.5) is 20.4 Å². The van der Waals surface area contributed by atoms with Crippen LogP contribution in [0.1, 0.15) is 15.9 Å². The van der Waals surface area contributed by atoms with Gasteiger partial charge in [-0.15, -0.1) is 0 Å². The van der Waals surface area contributed by atoms with Gasteiger partial charge in [0.05, 0.1) is 0 Å². The smallest absolute Gasteiger partial charge is 0.387 e. The SMILES string of the molecule is O=C(NCc1ccc(OC(F)F)cc1)c1ccc(Nc2ncccn2)cc1. The summed E-state index contributed by atoms with van der Waals surface area (Å²) in [6.45, 7) is -2.59.